The molecular weight excluding hydrogens is 337 g/mol. The lowest BCUT2D eigenvalue weighted by atomic mass is 10.1. The predicted molar refractivity (Wildman–Crippen MR) is 91.8 cm³/mol. The summed E-state index contributed by atoms with van der Waals surface area (Å²) in [5, 5.41) is 3.65. The first-order valence-corrected chi connectivity index (χ1v) is 8.44. The summed E-state index contributed by atoms with van der Waals surface area (Å²) in [6.45, 7) is 2.95. The van der Waals surface area contributed by atoms with Gasteiger partial charge in [-0.05, 0) is 44.4 Å². The van der Waals surface area contributed by atoms with Crippen LogP contribution in [0.5, 0.6) is 0 Å². The number of benzene rings is 1. The molecule has 0 bridgehead atoms. The van der Waals surface area contributed by atoms with Gasteiger partial charge in [0.2, 0.25) is 5.91 Å². The number of nitrogens with zero attached hydrogens (tertiary/aromatic N) is 1. The van der Waals surface area contributed by atoms with E-state index in [1.807, 2.05) is 6.92 Å². The second kappa shape index (κ2) is 7.99. The number of nitrogens with two attached hydrogens (primary N) is 1. The largest absolute Gasteiger partial charge is 0.354 e. The van der Waals surface area contributed by atoms with Crippen LogP contribution >= 0.6 is 23.2 Å². The van der Waals surface area contributed by atoms with Crippen LogP contribution in [0.25, 0.3) is 0 Å². The van der Waals surface area contributed by atoms with Gasteiger partial charge in [-0.15, -0.1) is 0 Å². The molecule has 23 heavy (non-hydrogen) atoms. The topological polar surface area (TPSA) is 75.4 Å². The van der Waals surface area contributed by atoms with Crippen LogP contribution < -0.4 is 11.1 Å². The standard InChI is InChI=1S/C16H21Cl2N3O2/c1-10(19)4-5-20-15(22)14-3-2-6-21(14)16(23)11-7-12(17)9-13(18)8-11/h7-10,14H,2-6,19H2,1H3,(H,20,22). The van der Waals surface area contributed by atoms with E-state index in [2.05, 4.69) is 5.32 Å². The quantitative estimate of drug-likeness (QED) is 0.849. The van der Waals surface area contributed by atoms with E-state index in [0.29, 0.717) is 41.5 Å². The Labute approximate surface area is 146 Å². The van der Waals surface area contributed by atoms with Gasteiger partial charge in [0.15, 0.2) is 0 Å². The molecule has 1 aromatic rings. The molecule has 2 amide bonds. The van der Waals surface area contributed by atoms with Crippen LogP contribution in [-0.2, 0) is 4.79 Å². The maximum Gasteiger partial charge on any atom is 0.254 e. The smallest absolute Gasteiger partial charge is 0.254 e. The van der Waals surface area contributed by atoms with Gasteiger partial charge in [0.1, 0.15) is 6.04 Å². The van der Waals surface area contributed by atoms with Gasteiger partial charge in [0.05, 0.1) is 0 Å². The highest BCUT2D eigenvalue weighted by molar-refractivity contribution is 6.35. The minimum Gasteiger partial charge on any atom is -0.354 e. The van der Waals surface area contributed by atoms with Gasteiger partial charge in [-0.2, -0.15) is 0 Å². The van der Waals surface area contributed by atoms with Crippen molar-refractivity contribution in [2.75, 3.05) is 13.1 Å². The van der Waals surface area contributed by atoms with E-state index in [1.54, 1.807) is 23.1 Å². The van der Waals surface area contributed by atoms with Crippen molar-refractivity contribution in [1.82, 2.24) is 10.2 Å². The second-order valence-corrected chi connectivity index (χ2v) is 6.74. The molecule has 0 radical (unpaired) electrons. The maximum atomic E-state index is 12.7. The SMILES string of the molecule is CC(N)CCNC(=O)C1CCCN1C(=O)c1cc(Cl)cc(Cl)c1. The summed E-state index contributed by atoms with van der Waals surface area (Å²) in [5.41, 5.74) is 6.07. The van der Waals surface area contributed by atoms with Crippen molar-refractivity contribution in [1.29, 1.82) is 0 Å². The van der Waals surface area contributed by atoms with Gasteiger partial charge in [-0.3, -0.25) is 9.59 Å². The number of halogens is 2. The average Bonchev–Trinajstić information content (AvgIpc) is 2.94. The van der Waals surface area contributed by atoms with E-state index in [-0.39, 0.29) is 17.9 Å². The molecule has 0 aromatic heterocycles. The fraction of sp³-hybridized carbons (Fsp3) is 0.500. The summed E-state index contributed by atoms with van der Waals surface area (Å²) in [5.74, 6) is -0.358. The zero-order chi connectivity index (χ0) is 17.0. The molecule has 126 valence electrons. The first kappa shape index (κ1) is 18.0. The highest BCUT2D eigenvalue weighted by Gasteiger charge is 2.34. The lowest BCUT2D eigenvalue weighted by molar-refractivity contribution is -0.124. The fourth-order valence-electron chi connectivity index (χ4n) is 2.67. The molecule has 0 aliphatic carbocycles. The molecule has 3 N–H and O–H groups in total. The molecule has 0 saturated carbocycles. The maximum absolute atomic E-state index is 12.7. The number of likely N-dealkylation sites (tertiary alicyclic amines) is 1. The predicted octanol–water partition coefficient (Wildman–Crippen LogP) is 2.45. The lowest BCUT2D eigenvalue weighted by Crippen LogP contribution is -2.46. The van der Waals surface area contributed by atoms with Crippen molar-refractivity contribution in [2.24, 2.45) is 5.73 Å². The van der Waals surface area contributed by atoms with Crippen molar-refractivity contribution in [3.8, 4) is 0 Å². The van der Waals surface area contributed by atoms with Crippen LogP contribution in [0.3, 0.4) is 0 Å². The van der Waals surface area contributed by atoms with Gasteiger partial charge in [-0.1, -0.05) is 23.2 Å². The Bertz CT molecular complexity index is 572. The van der Waals surface area contributed by atoms with Crippen molar-refractivity contribution >= 4 is 35.0 Å². The molecule has 1 heterocycles. The number of hydrogen-bond acceptors (Lipinski definition) is 3. The van der Waals surface area contributed by atoms with E-state index in [1.165, 1.54) is 0 Å². The normalized spacial score (nSPS) is 18.8. The minimum atomic E-state index is -0.451. The van der Waals surface area contributed by atoms with Gasteiger partial charge in [-0.25, -0.2) is 0 Å². The van der Waals surface area contributed by atoms with Crippen molar-refractivity contribution in [3.63, 3.8) is 0 Å². The molecule has 1 fully saturated rings. The molecule has 1 aromatic carbocycles. The first-order valence-electron chi connectivity index (χ1n) is 7.69. The zero-order valence-electron chi connectivity index (χ0n) is 13.0. The summed E-state index contributed by atoms with van der Waals surface area (Å²) in [7, 11) is 0. The molecule has 2 atom stereocenters. The Balaban J connectivity index is 2.05. The minimum absolute atomic E-state index is 0.0326. The van der Waals surface area contributed by atoms with Crippen LogP contribution in [0, 0.1) is 0 Å². The Morgan fingerprint density at radius 1 is 1.35 bits per heavy atom. The average molecular weight is 358 g/mol. The summed E-state index contributed by atoms with van der Waals surface area (Å²) >= 11 is 11.9. The lowest BCUT2D eigenvalue weighted by Gasteiger charge is -2.24. The summed E-state index contributed by atoms with van der Waals surface area (Å²) in [4.78, 5) is 26.6. The van der Waals surface area contributed by atoms with Gasteiger partial charge < -0.3 is 16.0 Å². The van der Waals surface area contributed by atoms with Crippen LogP contribution in [0.1, 0.15) is 36.5 Å². The molecule has 7 heteroatoms. The summed E-state index contributed by atoms with van der Waals surface area (Å²) in [6.07, 6.45) is 2.16. The van der Waals surface area contributed by atoms with E-state index in [0.717, 1.165) is 6.42 Å². The van der Waals surface area contributed by atoms with Crippen molar-refractivity contribution in [3.05, 3.63) is 33.8 Å². The molecule has 1 aliphatic rings. The van der Waals surface area contributed by atoms with Crippen LogP contribution in [0.2, 0.25) is 10.0 Å². The molecule has 1 aliphatic heterocycles. The number of amides is 2. The van der Waals surface area contributed by atoms with Gasteiger partial charge in [0.25, 0.3) is 5.91 Å². The van der Waals surface area contributed by atoms with Gasteiger partial charge in [0, 0.05) is 34.7 Å². The number of hydrogen-bond donors (Lipinski definition) is 2. The molecule has 1 saturated heterocycles. The summed E-state index contributed by atoms with van der Waals surface area (Å²) in [6, 6.07) is 4.29. The Hall–Kier alpha value is -1.30. The Kier molecular flexibility index (Phi) is 6.27. The molecule has 5 nitrogen and oxygen atoms in total. The third-order valence-corrected chi connectivity index (χ3v) is 4.26. The number of rotatable bonds is 5. The third kappa shape index (κ3) is 4.83. The number of carbonyl (C=O) groups is 2. The Morgan fingerprint density at radius 3 is 2.61 bits per heavy atom. The van der Waals surface area contributed by atoms with Crippen LogP contribution in [-0.4, -0.2) is 41.9 Å². The van der Waals surface area contributed by atoms with Crippen molar-refractivity contribution in [2.45, 2.75) is 38.3 Å². The highest BCUT2D eigenvalue weighted by atomic mass is 35.5. The summed E-state index contributed by atoms with van der Waals surface area (Å²) < 4.78 is 0. The monoisotopic (exact) mass is 357 g/mol. The molecule has 0 spiro atoms. The third-order valence-electron chi connectivity index (χ3n) is 3.82. The van der Waals surface area contributed by atoms with E-state index in [4.69, 9.17) is 28.9 Å². The fourth-order valence-corrected chi connectivity index (χ4v) is 3.19. The molecule has 2 unspecified atom stereocenters. The van der Waals surface area contributed by atoms with Crippen LogP contribution in [0.4, 0.5) is 0 Å². The van der Waals surface area contributed by atoms with E-state index < -0.39 is 6.04 Å². The zero-order valence-corrected chi connectivity index (χ0v) is 14.5. The number of carbonyl (C=O) groups excluding carboxylic acids is 2. The van der Waals surface area contributed by atoms with Gasteiger partial charge >= 0.3 is 0 Å². The first-order chi connectivity index (χ1) is 10.9. The Morgan fingerprint density at radius 2 is 2.00 bits per heavy atom. The van der Waals surface area contributed by atoms with Crippen LogP contribution in [0.15, 0.2) is 18.2 Å². The molecular formula is C16H21Cl2N3O2. The highest BCUT2D eigenvalue weighted by Crippen LogP contribution is 2.24. The second-order valence-electron chi connectivity index (χ2n) is 5.87. The molecule has 2 rings (SSSR count). The van der Waals surface area contributed by atoms with Crippen molar-refractivity contribution < 1.29 is 9.59 Å². The van der Waals surface area contributed by atoms with E-state index >= 15 is 0 Å². The number of nitrogens with one attached hydrogen (secondary N) is 1. The van der Waals surface area contributed by atoms with E-state index in [9.17, 15) is 9.59 Å².